The Kier molecular flexibility index (Phi) is 5.15. The normalized spacial score (nSPS) is 16.0. The number of carbonyl (C=O) groups is 1. The van der Waals surface area contributed by atoms with Gasteiger partial charge in [0.05, 0.1) is 34.8 Å². The van der Waals surface area contributed by atoms with Gasteiger partial charge in [-0.1, -0.05) is 23.7 Å². The van der Waals surface area contributed by atoms with Crippen molar-refractivity contribution in [3.05, 3.63) is 74.8 Å². The van der Waals surface area contributed by atoms with E-state index in [2.05, 4.69) is 10.3 Å². The summed E-state index contributed by atoms with van der Waals surface area (Å²) in [5.74, 6) is -0.265. The predicted octanol–water partition coefficient (Wildman–Crippen LogP) is 3.08. The average molecular weight is 398 g/mol. The monoisotopic (exact) mass is 397 g/mol. The number of rotatable bonds is 5. The van der Waals surface area contributed by atoms with Crippen molar-refractivity contribution in [3.8, 4) is 0 Å². The molecule has 2 aromatic heterocycles. The second kappa shape index (κ2) is 7.73. The molecule has 7 heteroatoms. The molecule has 1 fully saturated rings. The summed E-state index contributed by atoms with van der Waals surface area (Å²) in [5.41, 5.74) is 2.35. The van der Waals surface area contributed by atoms with Crippen LogP contribution in [0, 0.1) is 6.92 Å². The number of aromatic nitrogens is 2. The molecule has 144 valence electrons. The van der Waals surface area contributed by atoms with Gasteiger partial charge < -0.3 is 14.6 Å². The third kappa shape index (κ3) is 3.79. The number of hydrogen-bond donors (Lipinski definition) is 1. The summed E-state index contributed by atoms with van der Waals surface area (Å²) >= 11 is 5.88. The number of carbonyl (C=O) groups excluding carboxylic acids is 1. The Morgan fingerprint density at radius 1 is 1.32 bits per heavy atom. The zero-order valence-electron chi connectivity index (χ0n) is 15.4. The largest absolute Gasteiger partial charge is 0.376 e. The number of nitrogens with zero attached hydrogens (tertiary/aromatic N) is 2. The quantitative estimate of drug-likeness (QED) is 0.718. The highest BCUT2D eigenvalue weighted by atomic mass is 35.5. The maximum absolute atomic E-state index is 12.8. The molecule has 0 spiro atoms. The zero-order chi connectivity index (χ0) is 19.7. The van der Waals surface area contributed by atoms with Gasteiger partial charge in [0.15, 0.2) is 0 Å². The van der Waals surface area contributed by atoms with Crippen LogP contribution in [-0.4, -0.2) is 28.2 Å². The highest BCUT2D eigenvalue weighted by Gasteiger charge is 2.20. The SMILES string of the molecule is Cc1nc2ccn(CC3CCO3)c(=O)c2cc1C(=O)NCc1ccc(Cl)cc1. The van der Waals surface area contributed by atoms with Gasteiger partial charge in [-0.15, -0.1) is 0 Å². The Balaban J connectivity index is 1.59. The van der Waals surface area contributed by atoms with E-state index < -0.39 is 0 Å². The molecule has 3 aromatic rings. The number of nitrogens with one attached hydrogen (secondary N) is 1. The number of aryl methyl sites for hydroxylation is 1. The van der Waals surface area contributed by atoms with Crippen LogP contribution in [0.2, 0.25) is 5.02 Å². The summed E-state index contributed by atoms with van der Waals surface area (Å²) in [7, 11) is 0. The van der Waals surface area contributed by atoms with Crippen LogP contribution in [0.25, 0.3) is 10.9 Å². The molecule has 1 aliphatic heterocycles. The molecule has 1 aromatic carbocycles. The van der Waals surface area contributed by atoms with Crippen molar-refractivity contribution in [1.82, 2.24) is 14.9 Å². The maximum atomic E-state index is 12.8. The van der Waals surface area contributed by atoms with Crippen LogP contribution in [-0.2, 0) is 17.8 Å². The summed E-state index contributed by atoms with van der Waals surface area (Å²) in [6, 6.07) is 10.7. The molecule has 0 radical (unpaired) electrons. The molecular formula is C21H20ClN3O3. The lowest BCUT2D eigenvalue weighted by atomic mass is 10.1. The topological polar surface area (TPSA) is 73.2 Å². The minimum Gasteiger partial charge on any atom is -0.376 e. The van der Waals surface area contributed by atoms with Crippen molar-refractivity contribution >= 4 is 28.4 Å². The second-order valence-corrected chi connectivity index (χ2v) is 7.35. The lowest BCUT2D eigenvalue weighted by Crippen LogP contribution is -2.35. The Morgan fingerprint density at radius 3 is 2.75 bits per heavy atom. The Hall–Kier alpha value is -2.70. The van der Waals surface area contributed by atoms with E-state index in [9.17, 15) is 9.59 Å². The van der Waals surface area contributed by atoms with Crippen LogP contribution in [0.1, 0.15) is 28.0 Å². The fourth-order valence-electron chi connectivity index (χ4n) is 3.21. The van der Waals surface area contributed by atoms with Gasteiger partial charge in [-0.2, -0.15) is 0 Å². The molecule has 1 N–H and O–H groups in total. The fourth-order valence-corrected chi connectivity index (χ4v) is 3.33. The number of hydrogen-bond acceptors (Lipinski definition) is 4. The van der Waals surface area contributed by atoms with Crippen LogP contribution in [0.3, 0.4) is 0 Å². The van der Waals surface area contributed by atoms with Gasteiger partial charge in [-0.3, -0.25) is 14.6 Å². The van der Waals surface area contributed by atoms with E-state index in [0.29, 0.717) is 40.3 Å². The number of halogens is 1. The molecule has 4 rings (SSSR count). The molecule has 6 nitrogen and oxygen atoms in total. The Bertz CT molecular complexity index is 1090. The van der Waals surface area contributed by atoms with E-state index in [1.807, 2.05) is 12.1 Å². The molecule has 1 atom stereocenters. The highest BCUT2D eigenvalue weighted by Crippen LogP contribution is 2.16. The van der Waals surface area contributed by atoms with Crippen LogP contribution in [0.4, 0.5) is 0 Å². The van der Waals surface area contributed by atoms with Gasteiger partial charge in [0.1, 0.15) is 0 Å². The third-order valence-electron chi connectivity index (χ3n) is 4.95. The lowest BCUT2D eigenvalue weighted by molar-refractivity contribution is -0.0596. The Morgan fingerprint density at radius 2 is 2.07 bits per heavy atom. The second-order valence-electron chi connectivity index (χ2n) is 6.92. The van der Waals surface area contributed by atoms with Gasteiger partial charge in [0.25, 0.3) is 11.5 Å². The zero-order valence-corrected chi connectivity index (χ0v) is 16.2. The minimum atomic E-state index is -0.265. The van der Waals surface area contributed by atoms with E-state index in [1.54, 1.807) is 42.0 Å². The molecule has 1 amide bonds. The standard InChI is InChI=1S/C21H20ClN3O3/c1-13-17(20(26)23-11-14-2-4-15(22)5-3-14)10-18-19(24-13)6-8-25(21(18)27)12-16-7-9-28-16/h2-6,8,10,16H,7,9,11-12H2,1H3,(H,23,26). The van der Waals surface area contributed by atoms with Crippen molar-refractivity contribution in [2.45, 2.75) is 32.5 Å². The molecule has 1 unspecified atom stereocenters. The molecule has 0 saturated carbocycles. The van der Waals surface area contributed by atoms with Crippen LogP contribution < -0.4 is 10.9 Å². The number of amides is 1. The van der Waals surface area contributed by atoms with Crippen LogP contribution in [0.5, 0.6) is 0 Å². The molecule has 3 heterocycles. The highest BCUT2D eigenvalue weighted by molar-refractivity contribution is 6.30. The van der Waals surface area contributed by atoms with Crippen molar-refractivity contribution in [1.29, 1.82) is 0 Å². The fraction of sp³-hybridized carbons (Fsp3) is 0.286. The first-order chi connectivity index (χ1) is 13.5. The summed E-state index contributed by atoms with van der Waals surface area (Å²) in [6.45, 7) is 3.39. The number of fused-ring (bicyclic) bond motifs is 1. The van der Waals surface area contributed by atoms with E-state index >= 15 is 0 Å². The van der Waals surface area contributed by atoms with Gasteiger partial charge in [0.2, 0.25) is 0 Å². The van der Waals surface area contributed by atoms with E-state index in [4.69, 9.17) is 16.3 Å². The first kappa shape index (κ1) is 18.7. The maximum Gasteiger partial charge on any atom is 0.260 e. The van der Waals surface area contributed by atoms with Crippen molar-refractivity contribution in [3.63, 3.8) is 0 Å². The first-order valence-corrected chi connectivity index (χ1v) is 9.54. The van der Waals surface area contributed by atoms with E-state index in [1.165, 1.54) is 0 Å². The van der Waals surface area contributed by atoms with E-state index in [-0.39, 0.29) is 17.6 Å². The molecule has 28 heavy (non-hydrogen) atoms. The van der Waals surface area contributed by atoms with Crippen molar-refractivity contribution in [2.75, 3.05) is 6.61 Å². The summed E-state index contributed by atoms with van der Waals surface area (Å²) in [5, 5.41) is 3.95. The molecule has 0 bridgehead atoms. The predicted molar refractivity (Wildman–Crippen MR) is 108 cm³/mol. The number of ether oxygens (including phenoxy) is 1. The van der Waals surface area contributed by atoms with Crippen molar-refractivity contribution < 1.29 is 9.53 Å². The summed E-state index contributed by atoms with van der Waals surface area (Å²) < 4.78 is 7.04. The summed E-state index contributed by atoms with van der Waals surface area (Å²) in [4.78, 5) is 30.0. The van der Waals surface area contributed by atoms with Gasteiger partial charge in [0, 0.05) is 24.4 Å². The molecule has 0 aliphatic carbocycles. The molecule has 1 saturated heterocycles. The van der Waals surface area contributed by atoms with Crippen LogP contribution >= 0.6 is 11.6 Å². The molecule has 1 aliphatic rings. The average Bonchev–Trinajstić information content (AvgIpc) is 2.65. The van der Waals surface area contributed by atoms with Gasteiger partial charge in [-0.25, -0.2) is 0 Å². The van der Waals surface area contributed by atoms with Gasteiger partial charge in [-0.05, 0) is 43.2 Å². The summed E-state index contributed by atoms with van der Waals surface area (Å²) in [6.07, 6.45) is 2.77. The number of pyridine rings is 2. The molecular weight excluding hydrogens is 378 g/mol. The van der Waals surface area contributed by atoms with Gasteiger partial charge >= 0.3 is 0 Å². The number of benzene rings is 1. The minimum absolute atomic E-state index is 0.0794. The van der Waals surface area contributed by atoms with Crippen molar-refractivity contribution in [2.24, 2.45) is 0 Å². The third-order valence-corrected chi connectivity index (χ3v) is 5.20. The lowest BCUT2D eigenvalue weighted by Gasteiger charge is -2.26. The Labute approximate surface area is 167 Å². The van der Waals surface area contributed by atoms with Crippen LogP contribution in [0.15, 0.2) is 47.4 Å². The first-order valence-electron chi connectivity index (χ1n) is 9.16. The van der Waals surface area contributed by atoms with E-state index in [0.717, 1.165) is 18.6 Å². The smallest absolute Gasteiger partial charge is 0.260 e.